The SMILES string of the molecule is CCN(CC)CCCNc1ncnc2oc(-c3ccco3)c(-c3ccco3)c12. The summed E-state index contributed by atoms with van der Waals surface area (Å²) < 4.78 is 17.3. The number of furan rings is 3. The average molecular weight is 380 g/mol. The van der Waals surface area contributed by atoms with Gasteiger partial charge in [0, 0.05) is 6.54 Å². The quantitative estimate of drug-likeness (QED) is 0.414. The minimum atomic E-state index is 0.499. The van der Waals surface area contributed by atoms with E-state index in [1.807, 2.05) is 24.3 Å². The van der Waals surface area contributed by atoms with Crippen molar-refractivity contribution in [3.63, 3.8) is 0 Å². The maximum Gasteiger partial charge on any atom is 0.232 e. The summed E-state index contributed by atoms with van der Waals surface area (Å²) in [5.41, 5.74) is 1.29. The van der Waals surface area contributed by atoms with Crippen molar-refractivity contribution in [2.45, 2.75) is 20.3 Å². The third-order valence-electron chi connectivity index (χ3n) is 4.84. The standard InChI is InChI=1S/C21H24N4O3/c1-3-25(4-2)11-7-10-22-20-18-17(15-8-5-12-26-15)19(16-9-6-13-27-16)28-21(18)24-14-23-20/h5-6,8-9,12-14H,3-4,7,10-11H2,1-2H3,(H,22,23,24). The van der Waals surface area contributed by atoms with Gasteiger partial charge in [-0.3, -0.25) is 0 Å². The van der Waals surface area contributed by atoms with Crippen molar-refractivity contribution in [1.29, 1.82) is 0 Å². The maximum atomic E-state index is 6.03. The highest BCUT2D eigenvalue weighted by Gasteiger charge is 2.25. The highest BCUT2D eigenvalue weighted by atomic mass is 16.4. The maximum absolute atomic E-state index is 6.03. The Hall–Kier alpha value is -3.06. The minimum absolute atomic E-state index is 0.499. The Bertz CT molecular complexity index is 1000. The van der Waals surface area contributed by atoms with Gasteiger partial charge in [-0.25, -0.2) is 9.97 Å². The lowest BCUT2D eigenvalue weighted by Crippen LogP contribution is -2.25. The van der Waals surface area contributed by atoms with E-state index in [0.29, 0.717) is 23.0 Å². The van der Waals surface area contributed by atoms with E-state index in [9.17, 15) is 0 Å². The second-order valence-corrected chi connectivity index (χ2v) is 6.47. The first-order valence-electron chi connectivity index (χ1n) is 9.63. The van der Waals surface area contributed by atoms with Crippen molar-refractivity contribution < 1.29 is 13.3 Å². The van der Waals surface area contributed by atoms with Gasteiger partial charge in [0.2, 0.25) is 5.71 Å². The summed E-state index contributed by atoms with van der Waals surface area (Å²) in [7, 11) is 0. The second-order valence-electron chi connectivity index (χ2n) is 6.47. The molecular weight excluding hydrogens is 356 g/mol. The van der Waals surface area contributed by atoms with Crippen molar-refractivity contribution in [1.82, 2.24) is 14.9 Å². The number of hydrogen-bond acceptors (Lipinski definition) is 7. The first-order valence-corrected chi connectivity index (χ1v) is 9.63. The van der Waals surface area contributed by atoms with Gasteiger partial charge in [0.15, 0.2) is 11.5 Å². The Kier molecular flexibility index (Phi) is 5.43. The topological polar surface area (TPSA) is 80.5 Å². The number of nitrogens with one attached hydrogen (secondary N) is 1. The summed E-state index contributed by atoms with van der Waals surface area (Å²) >= 11 is 0. The third kappa shape index (κ3) is 3.53. The van der Waals surface area contributed by atoms with Crippen molar-refractivity contribution >= 4 is 16.9 Å². The summed E-state index contributed by atoms with van der Waals surface area (Å²) in [5, 5.41) is 4.24. The van der Waals surface area contributed by atoms with Gasteiger partial charge in [0.1, 0.15) is 17.9 Å². The van der Waals surface area contributed by atoms with Crippen LogP contribution in [0, 0.1) is 0 Å². The predicted octanol–water partition coefficient (Wildman–Crippen LogP) is 4.89. The number of fused-ring (bicyclic) bond motifs is 1. The molecule has 0 aliphatic heterocycles. The fraction of sp³-hybridized carbons (Fsp3) is 0.333. The molecule has 0 atom stereocenters. The van der Waals surface area contributed by atoms with Gasteiger partial charge < -0.3 is 23.5 Å². The molecule has 0 bridgehead atoms. The van der Waals surface area contributed by atoms with Crippen molar-refractivity contribution in [2.75, 3.05) is 31.5 Å². The van der Waals surface area contributed by atoms with Gasteiger partial charge >= 0.3 is 0 Å². The molecule has 7 heteroatoms. The average Bonchev–Trinajstić information content (AvgIpc) is 3.47. The van der Waals surface area contributed by atoms with Gasteiger partial charge in [0.05, 0.1) is 23.5 Å². The molecule has 0 saturated heterocycles. The van der Waals surface area contributed by atoms with Crippen LogP contribution in [0.3, 0.4) is 0 Å². The van der Waals surface area contributed by atoms with Gasteiger partial charge in [-0.2, -0.15) is 0 Å². The van der Waals surface area contributed by atoms with Crippen LogP contribution in [0.5, 0.6) is 0 Å². The Morgan fingerprint density at radius 1 is 1.00 bits per heavy atom. The molecule has 146 valence electrons. The number of rotatable bonds is 9. The van der Waals surface area contributed by atoms with E-state index in [2.05, 4.69) is 34.0 Å². The molecule has 1 N–H and O–H groups in total. The molecule has 0 amide bonds. The van der Waals surface area contributed by atoms with E-state index >= 15 is 0 Å². The van der Waals surface area contributed by atoms with E-state index in [-0.39, 0.29) is 0 Å². The lowest BCUT2D eigenvalue weighted by atomic mass is 10.1. The zero-order valence-corrected chi connectivity index (χ0v) is 16.1. The van der Waals surface area contributed by atoms with Crippen LogP contribution in [-0.4, -0.2) is 41.0 Å². The van der Waals surface area contributed by atoms with E-state index in [0.717, 1.165) is 49.4 Å². The first kappa shape index (κ1) is 18.3. The van der Waals surface area contributed by atoms with Crippen LogP contribution in [0.15, 0.2) is 56.4 Å². The summed E-state index contributed by atoms with van der Waals surface area (Å²) in [4.78, 5) is 11.2. The third-order valence-corrected chi connectivity index (χ3v) is 4.84. The lowest BCUT2D eigenvalue weighted by molar-refractivity contribution is 0.303. The molecule has 0 aliphatic carbocycles. The molecule has 0 saturated carbocycles. The summed E-state index contributed by atoms with van der Waals surface area (Å²) in [6, 6.07) is 7.43. The van der Waals surface area contributed by atoms with Gasteiger partial charge in [-0.05, 0) is 50.3 Å². The molecule has 0 fully saturated rings. The van der Waals surface area contributed by atoms with E-state index in [1.54, 1.807) is 12.5 Å². The van der Waals surface area contributed by atoms with Gasteiger partial charge in [-0.15, -0.1) is 0 Å². The Morgan fingerprint density at radius 3 is 2.43 bits per heavy atom. The smallest absolute Gasteiger partial charge is 0.232 e. The Labute approximate surface area is 163 Å². The fourth-order valence-electron chi connectivity index (χ4n) is 3.35. The molecule has 4 aromatic rings. The number of anilines is 1. The van der Waals surface area contributed by atoms with E-state index in [4.69, 9.17) is 13.3 Å². The molecule has 0 unspecified atom stereocenters. The first-order chi connectivity index (χ1) is 13.8. The molecule has 0 spiro atoms. The van der Waals surface area contributed by atoms with Crippen LogP contribution in [0.25, 0.3) is 33.9 Å². The number of nitrogens with zero attached hydrogens (tertiary/aromatic N) is 3. The molecule has 0 aromatic carbocycles. The second kappa shape index (κ2) is 8.31. The lowest BCUT2D eigenvalue weighted by Gasteiger charge is -2.17. The highest BCUT2D eigenvalue weighted by molar-refractivity contribution is 6.04. The summed E-state index contributed by atoms with van der Waals surface area (Å²) in [6.45, 7) is 8.34. The molecule has 4 rings (SSSR count). The normalized spacial score (nSPS) is 11.5. The molecule has 0 radical (unpaired) electrons. The summed E-state index contributed by atoms with van der Waals surface area (Å²) in [6.07, 6.45) is 5.79. The Balaban J connectivity index is 1.68. The zero-order valence-electron chi connectivity index (χ0n) is 16.1. The van der Waals surface area contributed by atoms with Gasteiger partial charge in [-0.1, -0.05) is 13.8 Å². The molecular formula is C21H24N4O3. The zero-order chi connectivity index (χ0) is 19.3. The molecule has 4 heterocycles. The van der Waals surface area contributed by atoms with Crippen LogP contribution >= 0.6 is 0 Å². The largest absolute Gasteiger partial charge is 0.464 e. The van der Waals surface area contributed by atoms with Crippen molar-refractivity contribution in [2.24, 2.45) is 0 Å². The van der Waals surface area contributed by atoms with Crippen LogP contribution in [0.2, 0.25) is 0 Å². The molecule has 28 heavy (non-hydrogen) atoms. The van der Waals surface area contributed by atoms with E-state index < -0.39 is 0 Å². The molecule has 0 aliphatic rings. The van der Waals surface area contributed by atoms with Crippen LogP contribution in [0.1, 0.15) is 20.3 Å². The van der Waals surface area contributed by atoms with Crippen LogP contribution in [0.4, 0.5) is 5.82 Å². The Morgan fingerprint density at radius 2 is 1.75 bits per heavy atom. The van der Waals surface area contributed by atoms with Gasteiger partial charge in [0.25, 0.3) is 0 Å². The number of hydrogen-bond donors (Lipinski definition) is 1. The van der Waals surface area contributed by atoms with Crippen LogP contribution in [-0.2, 0) is 0 Å². The number of aromatic nitrogens is 2. The molecule has 4 aromatic heterocycles. The van der Waals surface area contributed by atoms with Crippen molar-refractivity contribution in [3.05, 3.63) is 43.1 Å². The predicted molar refractivity (Wildman–Crippen MR) is 108 cm³/mol. The minimum Gasteiger partial charge on any atom is -0.464 e. The van der Waals surface area contributed by atoms with Crippen molar-refractivity contribution in [3.8, 4) is 22.8 Å². The highest BCUT2D eigenvalue weighted by Crippen LogP contribution is 2.42. The summed E-state index contributed by atoms with van der Waals surface area (Å²) in [5.74, 6) is 2.63. The van der Waals surface area contributed by atoms with Crippen LogP contribution < -0.4 is 5.32 Å². The molecule has 7 nitrogen and oxygen atoms in total. The fourth-order valence-corrected chi connectivity index (χ4v) is 3.35. The van der Waals surface area contributed by atoms with E-state index in [1.165, 1.54) is 6.33 Å². The monoisotopic (exact) mass is 380 g/mol.